The lowest BCUT2D eigenvalue weighted by atomic mass is 9.97. The zero-order chi connectivity index (χ0) is 9.97. The highest BCUT2D eigenvalue weighted by Crippen LogP contribution is 2.23. The van der Waals surface area contributed by atoms with Gasteiger partial charge in [0.05, 0.1) is 0 Å². The lowest BCUT2D eigenvalue weighted by molar-refractivity contribution is 0.0155. The molecular weight excluding hydrogens is 172 g/mol. The van der Waals surface area contributed by atoms with Gasteiger partial charge in [-0.25, -0.2) is 0 Å². The first-order chi connectivity index (χ1) is 6.81. The predicted octanol–water partition coefficient (Wildman–Crippen LogP) is 1.95. The van der Waals surface area contributed by atoms with Crippen molar-refractivity contribution in [2.75, 3.05) is 26.2 Å². The van der Waals surface area contributed by atoms with Crippen LogP contribution in [-0.4, -0.2) is 48.1 Å². The average Bonchev–Trinajstić information content (AvgIpc) is 2.19. The molecule has 0 aromatic heterocycles. The van der Waals surface area contributed by atoms with Crippen molar-refractivity contribution in [3.8, 4) is 0 Å². The molecule has 0 spiro atoms. The van der Waals surface area contributed by atoms with Gasteiger partial charge < -0.3 is 0 Å². The van der Waals surface area contributed by atoms with Crippen molar-refractivity contribution in [1.82, 2.24) is 9.80 Å². The summed E-state index contributed by atoms with van der Waals surface area (Å²) >= 11 is 0. The van der Waals surface area contributed by atoms with Crippen molar-refractivity contribution in [2.24, 2.45) is 0 Å². The van der Waals surface area contributed by atoms with Gasteiger partial charge in [-0.05, 0) is 39.3 Å². The van der Waals surface area contributed by atoms with Gasteiger partial charge in [-0.1, -0.05) is 13.3 Å². The van der Waals surface area contributed by atoms with E-state index in [1.165, 1.54) is 51.9 Å². The van der Waals surface area contributed by atoms with E-state index in [4.69, 9.17) is 0 Å². The summed E-state index contributed by atoms with van der Waals surface area (Å²) in [6.07, 6.45) is 5.62. The fourth-order valence-corrected chi connectivity index (χ4v) is 3.01. The highest BCUT2D eigenvalue weighted by molar-refractivity contribution is 4.88. The molecule has 0 saturated carbocycles. The van der Waals surface area contributed by atoms with Gasteiger partial charge in [0.25, 0.3) is 0 Å². The summed E-state index contributed by atoms with van der Waals surface area (Å²) in [7, 11) is 0. The van der Waals surface area contributed by atoms with E-state index >= 15 is 0 Å². The van der Waals surface area contributed by atoms with Crippen LogP contribution in [0.1, 0.15) is 39.5 Å². The maximum absolute atomic E-state index is 2.72. The Kier molecular flexibility index (Phi) is 3.45. The molecule has 0 bridgehead atoms. The second-order valence-electron chi connectivity index (χ2n) is 4.99. The molecule has 0 aromatic carbocycles. The molecule has 0 aliphatic carbocycles. The Morgan fingerprint density at radius 1 is 1.21 bits per heavy atom. The van der Waals surface area contributed by atoms with E-state index in [0.29, 0.717) is 0 Å². The van der Waals surface area contributed by atoms with E-state index in [2.05, 4.69) is 23.6 Å². The van der Waals surface area contributed by atoms with Crippen molar-refractivity contribution >= 4 is 0 Å². The molecular formula is C12H24N2. The van der Waals surface area contributed by atoms with E-state index in [1.54, 1.807) is 0 Å². The second kappa shape index (κ2) is 4.63. The number of piperazine rings is 1. The third-order valence-electron chi connectivity index (χ3n) is 3.83. The van der Waals surface area contributed by atoms with E-state index in [0.717, 1.165) is 12.1 Å². The summed E-state index contributed by atoms with van der Waals surface area (Å²) in [4.78, 5) is 5.41. The Hall–Kier alpha value is -0.0800. The predicted molar refractivity (Wildman–Crippen MR) is 60.5 cm³/mol. The van der Waals surface area contributed by atoms with Gasteiger partial charge >= 0.3 is 0 Å². The summed E-state index contributed by atoms with van der Waals surface area (Å²) < 4.78 is 0. The average molecular weight is 196 g/mol. The van der Waals surface area contributed by atoms with Gasteiger partial charge in [-0.2, -0.15) is 0 Å². The molecule has 14 heavy (non-hydrogen) atoms. The Balaban J connectivity index is 1.92. The standard InChI is InChI=1S/C12H24N2/c1-3-7-13-10-12-6-4-5-8-14(12)9-11(13)2/h11-12H,3-10H2,1-2H3. The fraction of sp³-hybridized carbons (Fsp3) is 1.00. The quantitative estimate of drug-likeness (QED) is 0.666. The van der Waals surface area contributed by atoms with Crippen molar-refractivity contribution in [3.63, 3.8) is 0 Å². The van der Waals surface area contributed by atoms with Gasteiger partial charge in [0.15, 0.2) is 0 Å². The van der Waals surface area contributed by atoms with E-state index in [-0.39, 0.29) is 0 Å². The van der Waals surface area contributed by atoms with E-state index in [9.17, 15) is 0 Å². The van der Waals surface area contributed by atoms with Gasteiger partial charge in [0, 0.05) is 25.2 Å². The van der Waals surface area contributed by atoms with Crippen molar-refractivity contribution in [2.45, 2.75) is 51.6 Å². The van der Waals surface area contributed by atoms with Gasteiger partial charge in [-0.15, -0.1) is 0 Å². The van der Waals surface area contributed by atoms with Crippen LogP contribution in [0, 0.1) is 0 Å². The number of rotatable bonds is 2. The summed E-state index contributed by atoms with van der Waals surface area (Å²) in [5.74, 6) is 0. The normalized spacial score (nSPS) is 35.6. The molecule has 0 N–H and O–H groups in total. The molecule has 2 heterocycles. The lowest BCUT2D eigenvalue weighted by Gasteiger charge is -2.47. The highest BCUT2D eigenvalue weighted by atomic mass is 15.3. The Morgan fingerprint density at radius 3 is 2.86 bits per heavy atom. The first-order valence-corrected chi connectivity index (χ1v) is 6.29. The van der Waals surface area contributed by atoms with Gasteiger partial charge in [0.2, 0.25) is 0 Å². The largest absolute Gasteiger partial charge is 0.298 e. The minimum Gasteiger partial charge on any atom is -0.298 e. The molecule has 0 aromatic rings. The summed E-state index contributed by atoms with van der Waals surface area (Å²) in [6, 6.07) is 1.66. The summed E-state index contributed by atoms with van der Waals surface area (Å²) in [6.45, 7) is 9.97. The van der Waals surface area contributed by atoms with Crippen molar-refractivity contribution in [3.05, 3.63) is 0 Å². The minimum absolute atomic E-state index is 0.782. The zero-order valence-corrected chi connectivity index (χ0v) is 9.71. The van der Waals surface area contributed by atoms with Crippen LogP contribution in [0.15, 0.2) is 0 Å². The Bertz CT molecular complexity index is 179. The van der Waals surface area contributed by atoms with Crippen LogP contribution in [0.25, 0.3) is 0 Å². The van der Waals surface area contributed by atoms with Gasteiger partial charge in [-0.3, -0.25) is 9.80 Å². The number of hydrogen-bond donors (Lipinski definition) is 0. The van der Waals surface area contributed by atoms with E-state index < -0.39 is 0 Å². The number of hydrogen-bond acceptors (Lipinski definition) is 2. The molecule has 0 radical (unpaired) electrons. The molecule has 2 heteroatoms. The number of nitrogens with zero attached hydrogens (tertiary/aromatic N) is 2. The molecule has 2 nitrogen and oxygen atoms in total. The molecule has 2 saturated heterocycles. The monoisotopic (exact) mass is 196 g/mol. The lowest BCUT2D eigenvalue weighted by Crippen LogP contribution is -2.58. The maximum atomic E-state index is 2.72. The molecule has 2 rings (SSSR count). The molecule has 2 atom stereocenters. The second-order valence-corrected chi connectivity index (χ2v) is 4.99. The van der Waals surface area contributed by atoms with Crippen LogP contribution in [0.4, 0.5) is 0 Å². The maximum Gasteiger partial charge on any atom is 0.0223 e. The molecule has 82 valence electrons. The Labute approximate surface area is 88.3 Å². The number of fused-ring (bicyclic) bond motifs is 1. The summed E-state index contributed by atoms with van der Waals surface area (Å²) in [5.41, 5.74) is 0. The van der Waals surface area contributed by atoms with Crippen LogP contribution >= 0.6 is 0 Å². The molecule has 2 fully saturated rings. The topological polar surface area (TPSA) is 6.48 Å². The highest BCUT2D eigenvalue weighted by Gasteiger charge is 2.32. The molecule has 2 aliphatic rings. The van der Waals surface area contributed by atoms with Crippen LogP contribution in [0.3, 0.4) is 0 Å². The Morgan fingerprint density at radius 2 is 2.07 bits per heavy atom. The summed E-state index contributed by atoms with van der Waals surface area (Å²) in [5, 5.41) is 0. The van der Waals surface area contributed by atoms with Crippen LogP contribution < -0.4 is 0 Å². The van der Waals surface area contributed by atoms with Crippen LogP contribution in [-0.2, 0) is 0 Å². The molecule has 2 aliphatic heterocycles. The smallest absolute Gasteiger partial charge is 0.0223 e. The minimum atomic E-state index is 0.782. The molecule has 0 amide bonds. The van der Waals surface area contributed by atoms with E-state index in [1.807, 2.05) is 0 Å². The SMILES string of the molecule is CCCN1CC2CCCCN2CC1C. The van der Waals surface area contributed by atoms with Gasteiger partial charge in [0.1, 0.15) is 0 Å². The van der Waals surface area contributed by atoms with Crippen molar-refractivity contribution < 1.29 is 0 Å². The first kappa shape index (κ1) is 10.4. The van der Waals surface area contributed by atoms with Crippen LogP contribution in [0.5, 0.6) is 0 Å². The number of piperidine rings is 1. The fourth-order valence-electron chi connectivity index (χ4n) is 3.01. The first-order valence-electron chi connectivity index (χ1n) is 6.29. The third-order valence-corrected chi connectivity index (χ3v) is 3.83. The third kappa shape index (κ3) is 2.12. The zero-order valence-electron chi connectivity index (χ0n) is 9.71. The van der Waals surface area contributed by atoms with Crippen LogP contribution in [0.2, 0.25) is 0 Å². The molecule has 2 unspecified atom stereocenters. The van der Waals surface area contributed by atoms with Crippen molar-refractivity contribution in [1.29, 1.82) is 0 Å².